The number of carbonyl (C=O) groups excluding carboxylic acids is 1. The van der Waals surface area contributed by atoms with Gasteiger partial charge in [0.1, 0.15) is 0 Å². The molecule has 5 nitrogen and oxygen atoms in total. The predicted molar refractivity (Wildman–Crippen MR) is 49.2 cm³/mol. The summed E-state index contributed by atoms with van der Waals surface area (Å²) in [5.41, 5.74) is 0. The lowest BCUT2D eigenvalue weighted by Crippen LogP contribution is -2.43. The van der Waals surface area contributed by atoms with Crippen molar-refractivity contribution in [3.05, 3.63) is 0 Å². The molecule has 1 aliphatic rings. The van der Waals surface area contributed by atoms with E-state index in [1.54, 1.807) is 7.05 Å². The van der Waals surface area contributed by atoms with Crippen LogP contribution in [0, 0.1) is 0 Å². The molecular formula is C8H17N3O2. The number of likely N-dealkylation sites (N-methyl/N-ethyl adjacent to an activating group) is 1. The van der Waals surface area contributed by atoms with Crippen molar-refractivity contribution < 1.29 is 9.63 Å². The Bertz CT molecular complexity index is 186. The van der Waals surface area contributed by atoms with Gasteiger partial charge in [-0.05, 0) is 20.0 Å². The molecule has 0 aromatic rings. The highest BCUT2D eigenvalue weighted by atomic mass is 16.7. The number of amides is 2. The molecule has 0 radical (unpaired) electrons. The number of hydrogen-bond donors (Lipinski definition) is 1. The van der Waals surface area contributed by atoms with Crippen molar-refractivity contribution in [3.8, 4) is 0 Å². The molecule has 0 spiro atoms. The molecule has 0 aromatic heterocycles. The molecule has 0 aromatic carbocycles. The van der Waals surface area contributed by atoms with Crippen LogP contribution in [0.15, 0.2) is 0 Å². The predicted octanol–water partition coefficient (Wildman–Crippen LogP) is -0.107. The molecule has 0 saturated carbocycles. The molecule has 2 amide bonds. The topological polar surface area (TPSA) is 44.8 Å². The second-order valence-electron chi connectivity index (χ2n) is 3.38. The van der Waals surface area contributed by atoms with Gasteiger partial charge in [0.15, 0.2) is 0 Å². The quantitative estimate of drug-likeness (QED) is 0.614. The van der Waals surface area contributed by atoms with E-state index in [9.17, 15) is 4.79 Å². The zero-order valence-electron chi connectivity index (χ0n) is 8.41. The summed E-state index contributed by atoms with van der Waals surface area (Å²) in [5, 5.41) is 4.07. The normalized spacial score (nSPS) is 23.2. The molecule has 1 heterocycles. The Kier molecular flexibility index (Phi) is 3.50. The molecule has 5 heteroatoms. The van der Waals surface area contributed by atoms with Gasteiger partial charge in [-0.3, -0.25) is 4.84 Å². The third-order valence-electron chi connectivity index (χ3n) is 2.28. The second kappa shape index (κ2) is 4.43. The maximum atomic E-state index is 11.3. The highest BCUT2D eigenvalue weighted by Gasteiger charge is 2.22. The SMILES string of the molecule is CON(C)C(=O)NC1CCN(C)C1. The second-order valence-corrected chi connectivity index (χ2v) is 3.38. The highest BCUT2D eigenvalue weighted by Crippen LogP contribution is 2.06. The Labute approximate surface area is 78.6 Å². The summed E-state index contributed by atoms with van der Waals surface area (Å²) < 4.78 is 0. The third-order valence-corrected chi connectivity index (χ3v) is 2.28. The van der Waals surface area contributed by atoms with Crippen LogP contribution in [0.3, 0.4) is 0 Å². The number of rotatable bonds is 2. The Hall–Kier alpha value is -0.810. The number of carbonyl (C=O) groups is 1. The Morgan fingerprint density at radius 3 is 2.85 bits per heavy atom. The summed E-state index contributed by atoms with van der Waals surface area (Å²) in [6.07, 6.45) is 1.01. The number of urea groups is 1. The van der Waals surface area contributed by atoms with Crippen LogP contribution < -0.4 is 5.32 Å². The molecule has 76 valence electrons. The largest absolute Gasteiger partial charge is 0.341 e. The molecule has 0 aliphatic carbocycles. The summed E-state index contributed by atoms with van der Waals surface area (Å²) in [4.78, 5) is 18.3. The van der Waals surface area contributed by atoms with E-state index in [1.165, 1.54) is 12.2 Å². The van der Waals surface area contributed by atoms with Crippen LogP contribution in [0.1, 0.15) is 6.42 Å². The first-order valence-corrected chi connectivity index (χ1v) is 4.40. The van der Waals surface area contributed by atoms with Gasteiger partial charge in [-0.15, -0.1) is 0 Å². The highest BCUT2D eigenvalue weighted by molar-refractivity contribution is 5.73. The van der Waals surface area contributed by atoms with E-state index in [1.807, 2.05) is 7.05 Å². The Morgan fingerprint density at radius 2 is 2.38 bits per heavy atom. The zero-order valence-corrected chi connectivity index (χ0v) is 8.41. The molecule has 0 bridgehead atoms. The summed E-state index contributed by atoms with van der Waals surface area (Å²) in [5.74, 6) is 0. The van der Waals surface area contributed by atoms with E-state index in [0.29, 0.717) is 0 Å². The van der Waals surface area contributed by atoms with Gasteiger partial charge in [-0.25, -0.2) is 9.86 Å². The summed E-state index contributed by atoms with van der Waals surface area (Å²) in [6, 6.07) is 0.0814. The van der Waals surface area contributed by atoms with Crippen LogP contribution in [0.5, 0.6) is 0 Å². The summed E-state index contributed by atoms with van der Waals surface area (Å²) >= 11 is 0. The molecule has 1 aliphatic heterocycles. The van der Waals surface area contributed by atoms with Crippen LogP contribution >= 0.6 is 0 Å². The maximum Gasteiger partial charge on any atom is 0.341 e. The van der Waals surface area contributed by atoms with Gasteiger partial charge < -0.3 is 10.2 Å². The Balaban J connectivity index is 2.28. The lowest BCUT2D eigenvalue weighted by atomic mass is 10.3. The van der Waals surface area contributed by atoms with Gasteiger partial charge in [0.05, 0.1) is 7.11 Å². The van der Waals surface area contributed by atoms with Crippen molar-refractivity contribution in [2.75, 3.05) is 34.3 Å². The standard InChI is InChI=1S/C8H17N3O2/c1-10-5-4-7(6-10)9-8(12)11(2)13-3/h7H,4-6H2,1-3H3,(H,9,12). The number of hydroxylamine groups is 2. The fourth-order valence-corrected chi connectivity index (χ4v) is 1.40. The van der Waals surface area contributed by atoms with Gasteiger partial charge >= 0.3 is 6.03 Å². The van der Waals surface area contributed by atoms with Crippen LogP contribution in [0.4, 0.5) is 4.79 Å². The van der Waals surface area contributed by atoms with E-state index in [-0.39, 0.29) is 12.1 Å². The van der Waals surface area contributed by atoms with E-state index in [0.717, 1.165) is 19.5 Å². The number of nitrogens with zero attached hydrogens (tertiary/aromatic N) is 2. The van der Waals surface area contributed by atoms with Gasteiger partial charge in [0.2, 0.25) is 0 Å². The van der Waals surface area contributed by atoms with E-state index in [4.69, 9.17) is 4.84 Å². The van der Waals surface area contributed by atoms with Crippen molar-refractivity contribution in [1.29, 1.82) is 0 Å². The van der Waals surface area contributed by atoms with Gasteiger partial charge in [-0.2, -0.15) is 0 Å². The van der Waals surface area contributed by atoms with Gasteiger partial charge in [-0.1, -0.05) is 0 Å². The fraction of sp³-hybridized carbons (Fsp3) is 0.875. The van der Waals surface area contributed by atoms with Crippen LogP contribution in [0.2, 0.25) is 0 Å². The molecule has 1 fully saturated rings. The van der Waals surface area contributed by atoms with Gasteiger partial charge in [0.25, 0.3) is 0 Å². The number of hydrogen-bond acceptors (Lipinski definition) is 3. The third kappa shape index (κ3) is 2.86. The zero-order chi connectivity index (χ0) is 9.84. The van der Waals surface area contributed by atoms with Crippen LogP contribution in [-0.2, 0) is 4.84 Å². The summed E-state index contributed by atoms with van der Waals surface area (Å²) in [7, 11) is 5.11. The minimum absolute atomic E-state index is 0.178. The summed E-state index contributed by atoms with van der Waals surface area (Å²) in [6.45, 7) is 1.96. The van der Waals surface area contributed by atoms with Crippen molar-refractivity contribution in [2.24, 2.45) is 0 Å². The molecule has 1 N–H and O–H groups in total. The van der Waals surface area contributed by atoms with Crippen molar-refractivity contribution in [1.82, 2.24) is 15.3 Å². The van der Waals surface area contributed by atoms with E-state index >= 15 is 0 Å². The lowest BCUT2D eigenvalue weighted by Gasteiger charge is -2.18. The molecule has 1 atom stereocenters. The average molecular weight is 187 g/mol. The fourth-order valence-electron chi connectivity index (χ4n) is 1.40. The number of likely N-dealkylation sites (tertiary alicyclic amines) is 1. The lowest BCUT2D eigenvalue weighted by molar-refractivity contribution is -0.0654. The first-order valence-electron chi connectivity index (χ1n) is 4.40. The monoisotopic (exact) mass is 187 g/mol. The molecule has 13 heavy (non-hydrogen) atoms. The first-order chi connectivity index (χ1) is 6.13. The molecular weight excluding hydrogens is 170 g/mol. The van der Waals surface area contributed by atoms with Crippen LogP contribution in [0.25, 0.3) is 0 Å². The smallest absolute Gasteiger partial charge is 0.332 e. The van der Waals surface area contributed by atoms with E-state index < -0.39 is 0 Å². The maximum absolute atomic E-state index is 11.3. The van der Waals surface area contributed by atoms with E-state index in [2.05, 4.69) is 10.2 Å². The van der Waals surface area contributed by atoms with Crippen molar-refractivity contribution in [2.45, 2.75) is 12.5 Å². The Morgan fingerprint density at radius 1 is 1.69 bits per heavy atom. The van der Waals surface area contributed by atoms with Crippen LogP contribution in [-0.4, -0.2) is 56.3 Å². The minimum atomic E-state index is -0.178. The van der Waals surface area contributed by atoms with Crippen molar-refractivity contribution >= 4 is 6.03 Å². The molecule has 1 rings (SSSR count). The number of nitrogens with one attached hydrogen (secondary N) is 1. The average Bonchev–Trinajstić information content (AvgIpc) is 2.49. The molecule has 1 unspecified atom stereocenters. The minimum Gasteiger partial charge on any atom is -0.332 e. The van der Waals surface area contributed by atoms with Gasteiger partial charge in [0, 0.05) is 19.6 Å². The van der Waals surface area contributed by atoms with Crippen molar-refractivity contribution in [3.63, 3.8) is 0 Å². The first kappa shape index (κ1) is 10.3. The molecule has 1 saturated heterocycles.